The maximum atomic E-state index is 12.4. The van der Waals surface area contributed by atoms with Gasteiger partial charge in [0.25, 0.3) is 0 Å². The van der Waals surface area contributed by atoms with Crippen LogP contribution in [0.3, 0.4) is 0 Å². The van der Waals surface area contributed by atoms with Crippen LogP contribution >= 0.6 is 7.82 Å². The maximum Gasteiger partial charge on any atom is 0.524 e. The van der Waals surface area contributed by atoms with E-state index in [0.717, 1.165) is 0 Å². The van der Waals surface area contributed by atoms with Crippen LogP contribution in [0.25, 0.3) is 0 Å². The summed E-state index contributed by atoms with van der Waals surface area (Å²) in [5, 5.41) is 0. The average molecular weight is 262 g/mol. The second-order valence-corrected chi connectivity index (χ2v) is 4.41. The van der Waals surface area contributed by atoms with Crippen molar-refractivity contribution in [3.8, 4) is 0 Å². The van der Waals surface area contributed by atoms with Crippen molar-refractivity contribution in [1.29, 1.82) is 0 Å². The molecule has 0 aliphatic rings. The lowest BCUT2D eigenvalue weighted by Crippen LogP contribution is -2.20. The number of hydrogen-bond acceptors (Lipinski definition) is 2. The number of alkyl halides is 3. The molecule has 0 aliphatic carbocycles. The van der Waals surface area contributed by atoms with Crippen LogP contribution in [0, 0.1) is 5.92 Å². The normalized spacial score (nSPS) is 15.4. The first-order chi connectivity index (χ1) is 7.17. The van der Waals surface area contributed by atoms with Crippen LogP contribution in [0.2, 0.25) is 0 Å². The largest absolute Gasteiger partial charge is 0.524 e. The van der Waals surface area contributed by atoms with E-state index in [1.807, 2.05) is 0 Å². The highest BCUT2D eigenvalue weighted by atomic mass is 31.2. The van der Waals surface area contributed by atoms with Crippen LogP contribution in [0.15, 0.2) is 12.3 Å². The number of halogens is 3. The second-order valence-electron chi connectivity index (χ2n) is 3.21. The highest BCUT2D eigenvalue weighted by molar-refractivity contribution is 7.46. The van der Waals surface area contributed by atoms with Crippen molar-refractivity contribution < 1.29 is 32.0 Å². The molecule has 1 unspecified atom stereocenters. The summed E-state index contributed by atoms with van der Waals surface area (Å²) in [6.07, 6.45) is -2.53. The molecule has 16 heavy (non-hydrogen) atoms. The number of rotatable bonds is 6. The summed E-state index contributed by atoms with van der Waals surface area (Å²) in [6, 6.07) is 0. The third kappa shape index (κ3) is 7.73. The van der Waals surface area contributed by atoms with Crippen LogP contribution in [-0.4, -0.2) is 16.0 Å². The van der Waals surface area contributed by atoms with E-state index >= 15 is 0 Å². The lowest BCUT2D eigenvalue weighted by Gasteiger charge is -2.16. The molecule has 8 heteroatoms. The fourth-order valence-corrected chi connectivity index (χ4v) is 1.23. The molecule has 0 amide bonds. The van der Waals surface area contributed by atoms with Gasteiger partial charge in [0.2, 0.25) is 0 Å². The fraction of sp³-hybridized carbons (Fsp3) is 0.750. The molecular weight excluding hydrogens is 248 g/mol. The molecule has 2 N–H and O–H groups in total. The second kappa shape index (κ2) is 6.27. The Kier molecular flexibility index (Phi) is 6.07. The predicted octanol–water partition coefficient (Wildman–Crippen LogP) is 2.98. The third-order valence-corrected chi connectivity index (χ3v) is 2.19. The predicted molar refractivity (Wildman–Crippen MR) is 51.3 cm³/mol. The van der Waals surface area contributed by atoms with Crippen molar-refractivity contribution >= 4 is 7.82 Å². The molecule has 0 aliphatic heterocycles. The van der Waals surface area contributed by atoms with Crippen molar-refractivity contribution in [3.63, 3.8) is 0 Å². The number of hydrogen-bond donors (Lipinski definition) is 2. The van der Waals surface area contributed by atoms with Crippen LogP contribution in [0.4, 0.5) is 13.2 Å². The van der Waals surface area contributed by atoms with E-state index in [0.29, 0.717) is 25.2 Å². The summed E-state index contributed by atoms with van der Waals surface area (Å²) >= 11 is 0. The molecule has 0 aromatic heterocycles. The molecule has 0 fully saturated rings. The SMILES string of the molecule is CCCCC(C=COP(=O)(O)O)C(F)(F)F. The highest BCUT2D eigenvalue weighted by Crippen LogP contribution is 2.37. The van der Waals surface area contributed by atoms with E-state index < -0.39 is 19.9 Å². The third-order valence-electron chi connectivity index (χ3n) is 1.80. The summed E-state index contributed by atoms with van der Waals surface area (Å²) in [5.41, 5.74) is 0. The first-order valence-electron chi connectivity index (χ1n) is 4.64. The molecule has 0 aromatic rings. The van der Waals surface area contributed by atoms with Crippen molar-refractivity contribution in [3.05, 3.63) is 12.3 Å². The first-order valence-corrected chi connectivity index (χ1v) is 6.17. The lowest BCUT2D eigenvalue weighted by atomic mass is 10.0. The van der Waals surface area contributed by atoms with Gasteiger partial charge in [-0.3, -0.25) is 9.79 Å². The molecule has 4 nitrogen and oxygen atoms in total. The highest BCUT2D eigenvalue weighted by Gasteiger charge is 2.37. The maximum absolute atomic E-state index is 12.4. The van der Waals surface area contributed by atoms with Gasteiger partial charge in [-0.15, -0.1) is 0 Å². The Balaban J connectivity index is 4.37. The van der Waals surface area contributed by atoms with E-state index in [2.05, 4.69) is 4.52 Å². The van der Waals surface area contributed by atoms with Crippen LogP contribution in [0.1, 0.15) is 26.2 Å². The standard InChI is InChI=1S/C8H14F3O4P/c1-2-3-4-7(8(9,10)11)5-6-15-16(12,13)14/h5-7H,2-4H2,1H3,(H2,12,13,14). The molecule has 0 saturated carbocycles. The smallest absolute Gasteiger partial charge is 0.413 e. The van der Waals surface area contributed by atoms with Gasteiger partial charge in [-0.05, 0) is 12.5 Å². The molecule has 0 heterocycles. The topological polar surface area (TPSA) is 66.8 Å². The molecule has 0 rings (SSSR count). The summed E-state index contributed by atoms with van der Waals surface area (Å²) in [4.78, 5) is 16.5. The van der Waals surface area contributed by atoms with Crippen molar-refractivity contribution in [2.24, 2.45) is 5.92 Å². The molecule has 1 atom stereocenters. The van der Waals surface area contributed by atoms with Gasteiger partial charge < -0.3 is 4.52 Å². The summed E-state index contributed by atoms with van der Waals surface area (Å²) < 4.78 is 51.1. The number of phosphoric ester groups is 1. The Labute approximate surface area is 91.4 Å². The van der Waals surface area contributed by atoms with Crippen LogP contribution in [0.5, 0.6) is 0 Å². The Morgan fingerprint density at radius 1 is 1.44 bits per heavy atom. The zero-order valence-corrected chi connectivity index (χ0v) is 9.54. The summed E-state index contributed by atoms with van der Waals surface area (Å²) in [7, 11) is -4.75. The summed E-state index contributed by atoms with van der Waals surface area (Å²) in [5.74, 6) is -1.74. The average Bonchev–Trinajstić information content (AvgIpc) is 2.06. The van der Waals surface area contributed by atoms with Gasteiger partial charge in [0.05, 0.1) is 12.2 Å². The molecule has 0 aromatic carbocycles. The van der Waals surface area contributed by atoms with E-state index in [1.54, 1.807) is 6.92 Å². The molecule has 96 valence electrons. The quantitative estimate of drug-likeness (QED) is 0.570. The van der Waals surface area contributed by atoms with Gasteiger partial charge in [0, 0.05) is 0 Å². The zero-order chi connectivity index (χ0) is 12.8. The summed E-state index contributed by atoms with van der Waals surface area (Å²) in [6.45, 7) is 1.75. The molecule has 0 saturated heterocycles. The Hall–Kier alpha value is -0.520. The van der Waals surface area contributed by atoms with Gasteiger partial charge in [-0.25, -0.2) is 4.57 Å². The van der Waals surface area contributed by atoms with E-state index in [9.17, 15) is 17.7 Å². The molecular formula is C8H14F3O4P. The van der Waals surface area contributed by atoms with Gasteiger partial charge in [0.1, 0.15) is 0 Å². The van der Waals surface area contributed by atoms with E-state index in [-0.39, 0.29) is 6.42 Å². The zero-order valence-electron chi connectivity index (χ0n) is 8.65. The lowest BCUT2D eigenvalue weighted by molar-refractivity contribution is -0.163. The number of unbranched alkanes of at least 4 members (excludes halogenated alkanes) is 1. The Bertz CT molecular complexity index is 271. The minimum Gasteiger partial charge on any atom is -0.413 e. The van der Waals surface area contributed by atoms with Crippen LogP contribution < -0.4 is 0 Å². The van der Waals surface area contributed by atoms with E-state index in [1.165, 1.54) is 0 Å². The van der Waals surface area contributed by atoms with Gasteiger partial charge in [-0.1, -0.05) is 19.8 Å². The van der Waals surface area contributed by atoms with E-state index in [4.69, 9.17) is 9.79 Å². The number of allylic oxidation sites excluding steroid dienone is 1. The minimum absolute atomic E-state index is 0.124. The molecule has 0 radical (unpaired) electrons. The monoisotopic (exact) mass is 262 g/mol. The van der Waals surface area contributed by atoms with Crippen molar-refractivity contribution in [1.82, 2.24) is 0 Å². The number of phosphoric acid groups is 1. The van der Waals surface area contributed by atoms with Crippen molar-refractivity contribution in [2.45, 2.75) is 32.4 Å². The van der Waals surface area contributed by atoms with Gasteiger partial charge in [-0.2, -0.15) is 13.2 Å². The minimum atomic E-state index is -4.75. The van der Waals surface area contributed by atoms with Crippen molar-refractivity contribution in [2.75, 3.05) is 0 Å². The van der Waals surface area contributed by atoms with Gasteiger partial charge in [0.15, 0.2) is 0 Å². The Morgan fingerprint density at radius 3 is 2.38 bits per heavy atom. The van der Waals surface area contributed by atoms with Gasteiger partial charge >= 0.3 is 14.0 Å². The molecule has 0 spiro atoms. The van der Waals surface area contributed by atoms with Crippen LogP contribution in [-0.2, 0) is 9.09 Å². The fourth-order valence-electron chi connectivity index (χ4n) is 1.00. The first kappa shape index (κ1) is 15.5. The Morgan fingerprint density at radius 2 is 2.00 bits per heavy atom. The molecule has 0 bridgehead atoms.